The van der Waals surface area contributed by atoms with Crippen LogP contribution in [0.2, 0.25) is 0 Å². The Hall–Kier alpha value is -2.16. The third-order valence-corrected chi connectivity index (χ3v) is 6.99. The van der Waals surface area contributed by atoms with Crippen molar-refractivity contribution in [3.8, 4) is 0 Å². The van der Waals surface area contributed by atoms with Crippen molar-refractivity contribution in [1.82, 2.24) is 24.0 Å². The molecule has 2 aromatic rings. The van der Waals surface area contributed by atoms with Crippen LogP contribution in [0.25, 0.3) is 11.0 Å². The molecule has 2 heterocycles. The van der Waals surface area contributed by atoms with Crippen molar-refractivity contribution < 1.29 is 4.79 Å². The summed E-state index contributed by atoms with van der Waals surface area (Å²) < 4.78 is 2.65. The Balaban J connectivity index is 2.02. The molecule has 1 aliphatic rings. The lowest BCUT2D eigenvalue weighted by Gasteiger charge is -2.32. The van der Waals surface area contributed by atoms with Crippen LogP contribution in [0, 0.1) is 12.8 Å². The van der Waals surface area contributed by atoms with Crippen LogP contribution >= 0.6 is 11.8 Å². The molecule has 1 amide bonds. The normalized spacial score (nSPS) is 16.1. The van der Waals surface area contributed by atoms with Crippen LogP contribution in [0.4, 0.5) is 0 Å². The molecule has 1 unspecified atom stereocenters. The Morgan fingerprint density at radius 1 is 1.16 bits per heavy atom. The smallest absolute Gasteiger partial charge is 0.332 e. The van der Waals surface area contributed by atoms with Gasteiger partial charge in [-0.2, -0.15) is 0 Å². The second kappa shape index (κ2) is 9.54. The Labute approximate surface area is 187 Å². The number of aromatic nitrogens is 4. The van der Waals surface area contributed by atoms with Crippen molar-refractivity contribution in [3.05, 3.63) is 26.7 Å². The van der Waals surface area contributed by atoms with Crippen LogP contribution in [0.3, 0.4) is 0 Å². The van der Waals surface area contributed by atoms with Gasteiger partial charge in [0.2, 0.25) is 5.91 Å². The molecule has 2 aromatic heterocycles. The molecule has 0 aromatic carbocycles. The molecule has 0 radical (unpaired) electrons. The largest absolute Gasteiger partial charge is 0.342 e. The number of carbonyl (C=O) groups excluding carboxylic acids is 1. The molecule has 31 heavy (non-hydrogen) atoms. The third kappa shape index (κ3) is 4.86. The highest BCUT2D eigenvalue weighted by Crippen LogP contribution is 2.29. The Morgan fingerprint density at radius 2 is 1.81 bits per heavy atom. The lowest BCUT2D eigenvalue weighted by molar-refractivity contribution is -0.131. The molecule has 1 fully saturated rings. The van der Waals surface area contributed by atoms with Gasteiger partial charge in [0.1, 0.15) is 16.2 Å². The SMILES string of the molecule is Cc1nc(SC(C)C(=O)N(C)C2CCCCC2)c2c(=O)n(C)c(=O)n(CC(C)C)c2n1. The highest BCUT2D eigenvalue weighted by atomic mass is 32.2. The van der Waals surface area contributed by atoms with Gasteiger partial charge >= 0.3 is 5.69 Å². The maximum atomic E-state index is 13.1. The molecule has 0 spiro atoms. The maximum Gasteiger partial charge on any atom is 0.332 e. The summed E-state index contributed by atoms with van der Waals surface area (Å²) in [4.78, 5) is 49.7. The summed E-state index contributed by atoms with van der Waals surface area (Å²) in [5, 5.41) is 0.358. The van der Waals surface area contributed by atoms with E-state index in [4.69, 9.17) is 0 Å². The third-order valence-electron chi connectivity index (χ3n) is 5.91. The number of nitrogens with zero attached hydrogens (tertiary/aromatic N) is 5. The molecule has 8 nitrogen and oxygen atoms in total. The van der Waals surface area contributed by atoms with Crippen molar-refractivity contribution in [2.24, 2.45) is 13.0 Å². The van der Waals surface area contributed by atoms with Crippen molar-refractivity contribution >= 4 is 28.7 Å². The van der Waals surface area contributed by atoms with Crippen molar-refractivity contribution in [2.75, 3.05) is 7.05 Å². The summed E-state index contributed by atoms with van der Waals surface area (Å²) in [7, 11) is 3.35. The molecule has 9 heteroatoms. The molecule has 170 valence electrons. The van der Waals surface area contributed by atoms with Gasteiger partial charge in [0, 0.05) is 26.7 Å². The van der Waals surface area contributed by atoms with Gasteiger partial charge in [-0.15, -0.1) is 0 Å². The second-order valence-electron chi connectivity index (χ2n) is 8.93. The topological polar surface area (TPSA) is 90.1 Å². The predicted octanol–water partition coefficient (Wildman–Crippen LogP) is 2.73. The van der Waals surface area contributed by atoms with Gasteiger partial charge in [-0.05, 0) is 32.6 Å². The van der Waals surface area contributed by atoms with Gasteiger partial charge in [0.15, 0.2) is 5.65 Å². The maximum absolute atomic E-state index is 13.1. The van der Waals surface area contributed by atoms with E-state index in [0.717, 1.165) is 30.3 Å². The molecule has 0 saturated heterocycles. The number of carbonyl (C=O) groups is 1. The molecule has 1 saturated carbocycles. The van der Waals surface area contributed by atoms with Crippen molar-refractivity contribution in [3.63, 3.8) is 0 Å². The standard InChI is InChI=1S/C22H33N5O3S/c1-13(2)12-27-18-17(21(29)26(6)22(27)30)19(24-15(4)23-18)31-14(3)20(28)25(5)16-10-8-7-9-11-16/h13-14,16H,7-12H2,1-6H3. The number of aryl methyl sites for hydroxylation is 1. The van der Waals surface area contributed by atoms with Gasteiger partial charge in [-0.3, -0.25) is 18.7 Å². The van der Waals surface area contributed by atoms with E-state index in [0.29, 0.717) is 28.4 Å². The molecule has 1 atom stereocenters. The minimum absolute atomic E-state index is 0.0358. The Kier molecular flexibility index (Phi) is 7.24. The highest BCUT2D eigenvalue weighted by Gasteiger charge is 2.28. The van der Waals surface area contributed by atoms with Crippen molar-refractivity contribution in [2.45, 2.75) is 82.7 Å². The number of hydrogen-bond donors (Lipinski definition) is 0. The molecule has 0 bridgehead atoms. The average Bonchev–Trinajstić information content (AvgIpc) is 2.74. The van der Waals surface area contributed by atoms with E-state index in [1.54, 1.807) is 11.5 Å². The summed E-state index contributed by atoms with van der Waals surface area (Å²) in [6.07, 6.45) is 5.62. The number of fused-ring (bicyclic) bond motifs is 1. The van der Waals surface area contributed by atoms with E-state index in [1.807, 2.05) is 32.7 Å². The van der Waals surface area contributed by atoms with Gasteiger partial charge in [0.05, 0.1) is 5.25 Å². The molecule has 0 aliphatic heterocycles. The first kappa shape index (κ1) is 23.5. The first-order valence-corrected chi connectivity index (χ1v) is 11.9. The Morgan fingerprint density at radius 3 is 2.42 bits per heavy atom. The van der Waals surface area contributed by atoms with Gasteiger partial charge in [0.25, 0.3) is 5.56 Å². The lowest BCUT2D eigenvalue weighted by atomic mass is 9.94. The summed E-state index contributed by atoms with van der Waals surface area (Å²) in [6, 6.07) is 0.275. The van der Waals surface area contributed by atoms with Crippen LogP contribution in [0.1, 0.15) is 58.7 Å². The first-order valence-electron chi connectivity index (χ1n) is 11.0. The zero-order chi connectivity index (χ0) is 22.9. The second-order valence-corrected chi connectivity index (χ2v) is 10.3. The summed E-state index contributed by atoms with van der Waals surface area (Å²) >= 11 is 1.27. The van der Waals surface area contributed by atoms with E-state index in [9.17, 15) is 14.4 Å². The van der Waals surface area contributed by atoms with E-state index in [2.05, 4.69) is 9.97 Å². The lowest BCUT2D eigenvalue weighted by Crippen LogP contribution is -2.42. The van der Waals surface area contributed by atoms with E-state index in [1.165, 1.54) is 25.2 Å². The summed E-state index contributed by atoms with van der Waals surface area (Å²) in [6.45, 7) is 8.06. The molecular weight excluding hydrogens is 414 g/mol. The van der Waals surface area contributed by atoms with Crippen LogP contribution in [-0.2, 0) is 18.4 Å². The van der Waals surface area contributed by atoms with Gasteiger partial charge < -0.3 is 4.90 Å². The summed E-state index contributed by atoms with van der Waals surface area (Å²) in [5.74, 6) is 0.712. The van der Waals surface area contributed by atoms with Crippen molar-refractivity contribution in [1.29, 1.82) is 0 Å². The van der Waals surface area contributed by atoms with E-state index < -0.39 is 10.8 Å². The number of hydrogen-bond acceptors (Lipinski definition) is 6. The van der Waals surface area contributed by atoms with E-state index in [-0.39, 0.29) is 23.6 Å². The molecular formula is C22H33N5O3S. The van der Waals surface area contributed by atoms with Crippen LogP contribution in [0.15, 0.2) is 14.6 Å². The molecule has 0 N–H and O–H groups in total. The Bertz CT molecular complexity index is 1090. The zero-order valence-electron chi connectivity index (χ0n) is 19.3. The van der Waals surface area contributed by atoms with Crippen LogP contribution in [-0.4, -0.2) is 48.2 Å². The minimum Gasteiger partial charge on any atom is -0.342 e. The quantitative estimate of drug-likeness (QED) is 0.500. The number of amides is 1. The number of rotatable bonds is 6. The predicted molar refractivity (Wildman–Crippen MR) is 124 cm³/mol. The highest BCUT2D eigenvalue weighted by molar-refractivity contribution is 8.00. The first-order chi connectivity index (χ1) is 14.6. The fourth-order valence-electron chi connectivity index (χ4n) is 4.21. The fourth-order valence-corrected chi connectivity index (χ4v) is 5.29. The molecule has 1 aliphatic carbocycles. The van der Waals surface area contributed by atoms with Gasteiger partial charge in [-0.1, -0.05) is 44.9 Å². The van der Waals surface area contributed by atoms with E-state index >= 15 is 0 Å². The monoisotopic (exact) mass is 447 g/mol. The molecule has 3 rings (SSSR count). The van der Waals surface area contributed by atoms with Crippen LogP contribution in [0.5, 0.6) is 0 Å². The summed E-state index contributed by atoms with van der Waals surface area (Å²) in [5.41, 5.74) is -0.471. The zero-order valence-corrected chi connectivity index (χ0v) is 20.2. The average molecular weight is 448 g/mol. The van der Waals surface area contributed by atoms with Gasteiger partial charge in [-0.25, -0.2) is 14.8 Å². The van der Waals surface area contributed by atoms with Crippen LogP contribution < -0.4 is 11.2 Å². The minimum atomic E-state index is -0.428. The number of thioether (sulfide) groups is 1. The fraction of sp³-hybridized carbons (Fsp3) is 0.682.